The number of hydrogen-bond donors (Lipinski definition) is 0. The number of rotatable bonds is 4. The highest BCUT2D eigenvalue weighted by atomic mass is 19.1. The van der Waals surface area contributed by atoms with Gasteiger partial charge in [-0.3, -0.25) is 9.59 Å². The van der Waals surface area contributed by atoms with Gasteiger partial charge in [0.1, 0.15) is 23.1 Å². The molecular formula is C23H22F2N2O3. The van der Waals surface area contributed by atoms with Gasteiger partial charge in [-0.1, -0.05) is 25.1 Å². The first-order valence-corrected chi connectivity index (χ1v) is 9.88. The second-order valence-corrected chi connectivity index (χ2v) is 7.66. The van der Waals surface area contributed by atoms with Crippen molar-refractivity contribution in [1.82, 2.24) is 4.90 Å². The number of anilines is 1. The van der Waals surface area contributed by atoms with Crippen molar-refractivity contribution in [2.75, 3.05) is 25.1 Å². The van der Waals surface area contributed by atoms with Crippen LogP contribution in [0.3, 0.4) is 0 Å². The molecule has 0 bridgehead atoms. The number of piperidine rings is 1. The second kappa shape index (κ2) is 7.89. The molecule has 5 nitrogen and oxygen atoms in total. The van der Waals surface area contributed by atoms with Gasteiger partial charge in [-0.25, -0.2) is 13.7 Å². The van der Waals surface area contributed by atoms with E-state index in [2.05, 4.69) is 6.92 Å². The molecule has 0 radical (unpaired) electrons. The summed E-state index contributed by atoms with van der Waals surface area (Å²) in [5, 5.41) is 0. The molecular weight excluding hydrogens is 390 g/mol. The van der Waals surface area contributed by atoms with Crippen molar-refractivity contribution in [3.05, 3.63) is 65.4 Å². The van der Waals surface area contributed by atoms with E-state index in [1.165, 1.54) is 7.11 Å². The number of para-hydroxylation sites is 1. The van der Waals surface area contributed by atoms with E-state index in [0.29, 0.717) is 30.3 Å². The summed E-state index contributed by atoms with van der Waals surface area (Å²) in [6, 6.07) is 9.62. The van der Waals surface area contributed by atoms with E-state index in [1.54, 1.807) is 24.3 Å². The number of carbonyl (C=O) groups excluding carboxylic acids is 2. The number of carbonyl (C=O) groups is 2. The number of amides is 2. The highest BCUT2D eigenvalue weighted by Gasteiger charge is 2.44. The Bertz CT molecular complexity index is 1050. The lowest BCUT2D eigenvalue weighted by atomic mass is 9.97. The zero-order valence-electron chi connectivity index (χ0n) is 16.8. The summed E-state index contributed by atoms with van der Waals surface area (Å²) >= 11 is 0. The highest BCUT2D eigenvalue weighted by molar-refractivity contribution is 6.45. The Morgan fingerprint density at radius 1 is 1.07 bits per heavy atom. The van der Waals surface area contributed by atoms with Crippen LogP contribution < -0.4 is 9.64 Å². The van der Waals surface area contributed by atoms with Gasteiger partial charge in [-0.05, 0) is 37.0 Å². The van der Waals surface area contributed by atoms with E-state index >= 15 is 0 Å². The van der Waals surface area contributed by atoms with Gasteiger partial charge in [-0.2, -0.15) is 0 Å². The first-order valence-electron chi connectivity index (χ1n) is 9.88. The molecule has 2 aliphatic heterocycles. The minimum Gasteiger partial charge on any atom is -0.496 e. The fraction of sp³-hybridized carbons (Fsp3) is 0.304. The van der Waals surface area contributed by atoms with Crippen molar-refractivity contribution in [1.29, 1.82) is 0 Å². The maximum atomic E-state index is 14.5. The van der Waals surface area contributed by atoms with Crippen molar-refractivity contribution in [2.24, 2.45) is 5.92 Å². The summed E-state index contributed by atoms with van der Waals surface area (Å²) in [6.07, 6.45) is 1.90. The van der Waals surface area contributed by atoms with Crippen molar-refractivity contribution in [2.45, 2.75) is 19.8 Å². The molecule has 0 saturated carbocycles. The van der Waals surface area contributed by atoms with Crippen LogP contribution in [0.2, 0.25) is 0 Å². The molecule has 0 aromatic heterocycles. The zero-order chi connectivity index (χ0) is 21.4. The molecule has 7 heteroatoms. The van der Waals surface area contributed by atoms with Gasteiger partial charge >= 0.3 is 0 Å². The lowest BCUT2D eigenvalue weighted by molar-refractivity contribution is -0.120. The summed E-state index contributed by atoms with van der Waals surface area (Å²) in [4.78, 5) is 29.5. The number of nitrogens with zero attached hydrogens (tertiary/aromatic N) is 2. The number of ether oxygens (including phenoxy) is 1. The van der Waals surface area contributed by atoms with Crippen molar-refractivity contribution < 1.29 is 23.1 Å². The molecule has 2 aromatic carbocycles. The molecule has 1 unspecified atom stereocenters. The van der Waals surface area contributed by atoms with E-state index in [4.69, 9.17) is 4.74 Å². The number of halogens is 2. The van der Waals surface area contributed by atoms with Gasteiger partial charge in [0.15, 0.2) is 0 Å². The van der Waals surface area contributed by atoms with Crippen LogP contribution in [-0.2, 0) is 9.59 Å². The second-order valence-electron chi connectivity index (χ2n) is 7.66. The summed E-state index contributed by atoms with van der Waals surface area (Å²) in [6.45, 7) is 3.30. The third-order valence-corrected chi connectivity index (χ3v) is 5.56. The van der Waals surface area contributed by atoms with Gasteiger partial charge in [0.2, 0.25) is 0 Å². The normalized spacial score (nSPS) is 19.7. The summed E-state index contributed by atoms with van der Waals surface area (Å²) in [5.74, 6) is -2.15. The predicted octanol–water partition coefficient (Wildman–Crippen LogP) is 3.99. The first kappa shape index (κ1) is 20.1. The van der Waals surface area contributed by atoms with Gasteiger partial charge in [-0.15, -0.1) is 0 Å². The fourth-order valence-corrected chi connectivity index (χ4v) is 4.17. The van der Waals surface area contributed by atoms with Gasteiger partial charge < -0.3 is 9.64 Å². The number of hydrogen-bond acceptors (Lipinski definition) is 4. The van der Waals surface area contributed by atoms with Gasteiger partial charge in [0.25, 0.3) is 11.8 Å². The number of methoxy groups -OCH3 is 1. The smallest absolute Gasteiger partial charge is 0.282 e. The molecule has 1 fully saturated rings. The van der Waals surface area contributed by atoms with Crippen LogP contribution in [0.1, 0.15) is 25.3 Å². The predicted molar refractivity (Wildman–Crippen MR) is 109 cm³/mol. The topological polar surface area (TPSA) is 49.9 Å². The quantitative estimate of drug-likeness (QED) is 0.713. The van der Waals surface area contributed by atoms with Crippen LogP contribution in [0.25, 0.3) is 5.57 Å². The molecule has 2 aliphatic rings. The van der Waals surface area contributed by atoms with E-state index < -0.39 is 29.1 Å². The minimum atomic E-state index is -0.842. The van der Waals surface area contributed by atoms with Crippen LogP contribution in [0.15, 0.2) is 48.2 Å². The summed E-state index contributed by atoms with van der Waals surface area (Å²) in [7, 11) is 1.48. The Balaban J connectivity index is 1.90. The molecule has 2 aromatic rings. The molecule has 0 N–H and O–H groups in total. The molecule has 0 aliphatic carbocycles. The van der Waals surface area contributed by atoms with Crippen molar-refractivity contribution in [3.63, 3.8) is 0 Å². The van der Waals surface area contributed by atoms with Crippen molar-refractivity contribution in [3.8, 4) is 5.75 Å². The van der Waals surface area contributed by atoms with Crippen LogP contribution in [0.5, 0.6) is 5.75 Å². The maximum Gasteiger partial charge on any atom is 0.282 e. The Morgan fingerprint density at radius 3 is 2.57 bits per heavy atom. The first-order chi connectivity index (χ1) is 14.4. The SMILES string of the molecule is COc1ccccc1C1=C(N2CCCC(C)C2)C(=O)N(c2cc(F)ccc2F)C1=O. The fourth-order valence-electron chi connectivity index (χ4n) is 4.17. The molecule has 2 heterocycles. The Hall–Kier alpha value is -3.22. The molecule has 4 rings (SSSR count). The highest BCUT2D eigenvalue weighted by Crippen LogP contribution is 2.40. The van der Waals surface area contributed by atoms with E-state index in [0.717, 1.165) is 35.9 Å². The van der Waals surface area contributed by atoms with E-state index in [9.17, 15) is 18.4 Å². The minimum absolute atomic E-state index is 0.148. The molecule has 30 heavy (non-hydrogen) atoms. The summed E-state index contributed by atoms with van der Waals surface area (Å²) < 4.78 is 33.8. The number of likely N-dealkylation sites (tertiary alicyclic amines) is 1. The molecule has 156 valence electrons. The van der Waals surface area contributed by atoms with Crippen LogP contribution in [-0.4, -0.2) is 36.9 Å². The zero-order valence-corrected chi connectivity index (χ0v) is 16.8. The monoisotopic (exact) mass is 412 g/mol. The van der Waals surface area contributed by atoms with Gasteiger partial charge in [0.05, 0.1) is 18.4 Å². The molecule has 1 saturated heterocycles. The number of benzene rings is 2. The van der Waals surface area contributed by atoms with Crippen molar-refractivity contribution >= 4 is 23.1 Å². The lowest BCUT2D eigenvalue weighted by Gasteiger charge is -2.33. The maximum absolute atomic E-state index is 14.5. The molecule has 0 spiro atoms. The third-order valence-electron chi connectivity index (χ3n) is 5.56. The van der Waals surface area contributed by atoms with E-state index in [1.807, 2.05) is 4.90 Å². The van der Waals surface area contributed by atoms with Crippen LogP contribution in [0.4, 0.5) is 14.5 Å². The standard InChI is InChI=1S/C23H22F2N2O3/c1-14-6-5-11-26(13-14)21-20(16-7-3-4-8-19(16)30-2)22(28)27(23(21)29)18-12-15(24)9-10-17(18)25/h3-4,7-10,12,14H,5-6,11,13H2,1-2H3. The van der Waals surface area contributed by atoms with Crippen LogP contribution >= 0.6 is 0 Å². The molecule has 2 amide bonds. The third kappa shape index (κ3) is 3.34. The Kier molecular flexibility index (Phi) is 5.28. The molecule has 1 atom stereocenters. The largest absolute Gasteiger partial charge is 0.496 e. The van der Waals surface area contributed by atoms with E-state index in [-0.39, 0.29) is 11.3 Å². The number of imide groups is 1. The lowest BCUT2D eigenvalue weighted by Crippen LogP contribution is -2.39. The summed E-state index contributed by atoms with van der Waals surface area (Å²) in [5.41, 5.74) is 0.415. The van der Waals surface area contributed by atoms with Crippen LogP contribution in [0, 0.1) is 17.6 Å². The van der Waals surface area contributed by atoms with Gasteiger partial charge in [0, 0.05) is 24.7 Å². The average molecular weight is 412 g/mol. The average Bonchev–Trinajstić information content (AvgIpc) is 2.99. The Labute approximate surface area is 173 Å². The Morgan fingerprint density at radius 2 is 1.83 bits per heavy atom.